The second-order valence-electron chi connectivity index (χ2n) is 6.42. The standard InChI is InChI=1S/C16H21N3O5/c20-14(11-12-3-1-2-4-12)17-7-9-18(10-8-17)16(21)13-5-6-15(24-13)19(22)23/h5-6,12H,1-4,7-11H2. The Kier molecular flexibility index (Phi) is 4.82. The van der Waals surface area contributed by atoms with Gasteiger partial charge in [-0.15, -0.1) is 0 Å². The zero-order valence-corrected chi connectivity index (χ0v) is 13.5. The molecule has 2 fully saturated rings. The number of carbonyl (C=O) groups is 2. The number of hydrogen-bond donors (Lipinski definition) is 0. The smallest absolute Gasteiger partial charge is 0.395 e. The predicted octanol–water partition coefficient (Wildman–Crippen LogP) is 2.05. The van der Waals surface area contributed by atoms with Gasteiger partial charge in [-0.1, -0.05) is 12.8 Å². The number of carbonyl (C=O) groups excluding carboxylic acids is 2. The van der Waals surface area contributed by atoms with E-state index in [0.29, 0.717) is 38.5 Å². The van der Waals surface area contributed by atoms with Gasteiger partial charge in [-0.2, -0.15) is 0 Å². The molecule has 2 aliphatic rings. The van der Waals surface area contributed by atoms with Crippen LogP contribution in [-0.2, 0) is 4.79 Å². The molecule has 1 saturated carbocycles. The summed E-state index contributed by atoms with van der Waals surface area (Å²) in [7, 11) is 0. The summed E-state index contributed by atoms with van der Waals surface area (Å²) in [6, 6.07) is 2.49. The van der Waals surface area contributed by atoms with Gasteiger partial charge in [-0.05, 0) is 24.8 Å². The largest absolute Gasteiger partial charge is 0.433 e. The lowest BCUT2D eigenvalue weighted by atomic mass is 10.0. The van der Waals surface area contributed by atoms with Gasteiger partial charge < -0.3 is 14.2 Å². The lowest BCUT2D eigenvalue weighted by molar-refractivity contribution is -0.402. The van der Waals surface area contributed by atoms with Gasteiger partial charge in [0.05, 0.1) is 6.07 Å². The fraction of sp³-hybridized carbons (Fsp3) is 0.625. The molecule has 1 saturated heterocycles. The van der Waals surface area contributed by atoms with Crippen molar-refractivity contribution in [1.29, 1.82) is 0 Å². The van der Waals surface area contributed by atoms with E-state index < -0.39 is 10.8 Å². The molecule has 1 aliphatic heterocycles. The molecule has 1 aliphatic carbocycles. The number of nitrogens with zero attached hydrogens (tertiary/aromatic N) is 3. The normalized spacial score (nSPS) is 18.8. The minimum Gasteiger partial charge on any atom is -0.395 e. The van der Waals surface area contributed by atoms with E-state index in [2.05, 4.69) is 0 Å². The van der Waals surface area contributed by atoms with E-state index in [1.165, 1.54) is 25.0 Å². The molecule has 0 spiro atoms. The van der Waals surface area contributed by atoms with Crippen LogP contribution in [-0.4, -0.2) is 52.7 Å². The summed E-state index contributed by atoms with van der Waals surface area (Å²) in [6.45, 7) is 1.84. The summed E-state index contributed by atoms with van der Waals surface area (Å²) in [5.74, 6) is -0.161. The van der Waals surface area contributed by atoms with Gasteiger partial charge in [0.15, 0.2) is 5.76 Å². The molecule has 24 heavy (non-hydrogen) atoms. The highest BCUT2D eigenvalue weighted by Crippen LogP contribution is 2.28. The summed E-state index contributed by atoms with van der Waals surface area (Å²) in [5.41, 5.74) is 0. The van der Waals surface area contributed by atoms with Gasteiger partial charge in [-0.25, -0.2) is 0 Å². The predicted molar refractivity (Wildman–Crippen MR) is 84.4 cm³/mol. The molecule has 130 valence electrons. The van der Waals surface area contributed by atoms with Crippen molar-refractivity contribution in [3.63, 3.8) is 0 Å². The van der Waals surface area contributed by atoms with Gasteiger partial charge in [0.25, 0.3) is 5.91 Å². The Hall–Kier alpha value is -2.38. The highest BCUT2D eigenvalue weighted by molar-refractivity contribution is 5.92. The van der Waals surface area contributed by atoms with Crippen LogP contribution in [0.1, 0.15) is 42.7 Å². The van der Waals surface area contributed by atoms with Crippen LogP contribution in [0, 0.1) is 16.0 Å². The number of furan rings is 1. The molecular formula is C16H21N3O5. The quantitative estimate of drug-likeness (QED) is 0.619. The highest BCUT2D eigenvalue weighted by Gasteiger charge is 2.29. The lowest BCUT2D eigenvalue weighted by Gasteiger charge is -2.34. The van der Waals surface area contributed by atoms with E-state index in [1.54, 1.807) is 4.90 Å². The number of hydrogen-bond acceptors (Lipinski definition) is 5. The Balaban J connectivity index is 1.51. The minimum absolute atomic E-state index is 0.0348. The highest BCUT2D eigenvalue weighted by atomic mass is 16.6. The third-order valence-electron chi connectivity index (χ3n) is 4.84. The number of amides is 2. The molecule has 2 amide bonds. The van der Waals surface area contributed by atoms with Crippen LogP contribution >= 0.6 is 0 Å². The Morgan fingerprint density at radius 1 is 1.12 bits per heavy atom. The van der Waals surface area contributed by atoms with Crippen LogP contribution in [0.4, 0.5) is 5.88 Å². The third-order valence-corrected chi connectivity index (χ3v) is 4.84. The number of rotatable bonds is 4. The molecule has 8 nitrogen and oxygen atoms in total. The molecule has 8 heteroatoms. The molecule has 0 atom stereocenters. The van der Waals surface area contributed by atoms with E-state index >= 15 is 0 Å². The Morgan fingerprint density at radius 2 is 1.75 bits per heavy atom. The Bertz CT molecular complexity index is 627. The van der Waals surface area contributed by atoms with E-state index in [-0.39, 0.29) is 17.6 Å². The molecule has 3 rings (SSSR count). The van der Waals surface area contributed by atoms with Gasteiger partial charge in [-0.3, -0.25) is 19.7 Å². The molecular weight excluding hydrogens is 314 g/mol. The minimum atomic E-state index is -0.670. The van der Waals surface area contributed by atoms with Crippen LogP contribution in [0.5, 0.6) is 0 Å². The topological polar surface area (TPSA) is 96.9 Å². The van der Waals surface area contributed by atoms with Gasteiger partial charge in [0.1, 0.15) is 4.92 Å². The second-order valence-corrected chi connectivity index (χ2v) is 6.42. The molecule has 1 aromatic heterocycles. The molecule has 2 heterocycles. The zero-order valence-electron chi connectivity index (χ0n) is 13.5. The van der Waals surface area contributed by atoms with Crippen LogP contribution in [0.15, 0.2) is 16.5 Å². The lowest BCUT2D eigenvalue weighted by Crippen LogP contribution is -2.50. The first-order chi connectivity index (χ1) is 11.5. The maximum absolute atomic E-state index is 12.3. The number of piperazine rings is 1. The van der Waals surface area contributed by atoms with E-state index in [1.807, 2.05) is 4.90 Å². The molecule has 0 aromatic carbocycles. The van der Waals surface area contributed by atoms with Crippen LogP contribution in [0.25, 0.3) is 0 Å². The summed E-state index contributed by atoms with van der Waals surface area (Å²) >= 11 is 0. The van der Waals surface area contributed by atoms with Crippen molar-refractivity contribution in [1.82, 2.24) is 9.80 Å². The van der Waals surface area contributed by atoms with Crippen molar-refractivity contribution in [3.8, 4) is 0 Å². The van der Waals surface area contributed by atoms with Gasteiger partial charge in [0.2, 0.25) is 5.91 Å². The van der Waals surface area contributed by atoms with Crippen molar-refractivity contribution >= 4 is 17.7 Å². The summed E-state index contributed by atoms with van der Waals surface area (Å²) in [5, 5.41) is 10.6. The SMILES string of the molecule is O=C(CC1CCCC1)N1CCN(C(=O)c2ccc([N+](=O)[O-])o2)CC1. The average molecular weight is 335 g/mol. The monoisotopic (exact) mass is 335 g/mol. The molecule has 0 unspecified atom stereocenters. The Morgan fingerprint density at radius 3 is 2.33 bits per heavy atom. The van der Waals surface area contributed by atoms with Crippen LogP contribution in [0.2, 0.25) is 0 Å². The van der Waals surface area contributed by atoms with Crippen molar-refractivity contribution in [3.05, 3.63) is 28.0 Å². The fourth-order valence-corrected chi connectivity index (χ4v) is 3.45. The molecule has 0 bridgehead atoms. The first-order valence-electron chi connectivity index (χ1n) is 8.36. The molecule has 0 radical (unpaired) electrons. The van der Waals surface area contributed by atoms with Gasteiger partial charge >= 0.3 is 5.88 Å². The average Bonchev–Trinajstić information content (AvgIpc) is 3.26. The third kappa shape index (κ3) is 3.58. The molecule has 0 N–H and O–H groups in total. The Labute approximate surface area is 139 Å². The first-order valence-corrected chi connectivity index (χ1v) is 8.36. The van der Waals surface area contributed by atoms with Crippen LogP contribution in [0.3, 0.4) is 0 Å². The van der Waals surface area contributed by atoms with E-state index in [4.69, 9.17) is 4.42 Å². The van der Waals surface area contributed by atoms with Crippen molar-refractivity contribution < 1.29 is 18.9 Å². The van der Waals surface area contributed by atoms with Crippen molar-refractivity contribution in [2.75, 3.05) is 26.2 Å². The maximum atomic E-state index is 12.3. The summed E-state index contributed by atoms with van der Waals surface area (Å²) < 4.78 is 4.95. The summed E-state index contributed by atoms with van der Waals surface area (Å²) in [6.07, 6.45) is 5.33. The van der Waals surface area contributed by atoms with E-state index in [0.717, 1.165) is 12.8 Å². The maximum Gasteiger partial charge on any atom is 0.433 e. The number of nitro groups is 1. The fourth-order valence-electron chi connectivity index (χ4n) is 3.45. The van der Waals surface area contributed by atoms with Crippen molar-refractivity contribution in [2.45, 2.75) is 32.1 Å². The molecule has 1 aromatic rings. The zero-order chi connectivity index (χ0) is 17.1. The van der Waals surface area contributed by atoms with Gasteiger partial charge in [0, 0.05) is 32.6 Å². The van der Waals surface area contributed by atoms with E-state index in [9.17, 15) is 19.7 Å². The summed E-state index contributed by atoms with van der Waals surface area (Å²) in [4.78, 5) is 37.9. The van der Waals surface area contributed by atoms with Crippen molar-refractivity contribution in [2.24, 2.45) is 5.92 Å². The van der Waals surface area contributed by atoms with Crippen LogP contribution < -0.4 is 0 Å². The second kappa shape index (κ2) is 7.02. The first kappa shape index (κ1) is 16.5.